The molecule has 0 saturated carbocycles. The predicted molar refractivity (Wildman–Crippen MR) is 101 cm³/mol. The predicted octanol–water partition coefficient (Wildman–Crippen LogP) is 4.57. The standard InChI is InChI=1S/C21H18F4N2O3/c22-12-2-1-11(16(7-12)21(23,24)25)10-30-13-3-4-17-15(8-13)14-5-6-26-18(9-19(28)29)20(14)27-17/h1-4,7-8,18,26-27H,5-6,9-10H2,(H,28,29). The van der Waals surface area contributed by atoms with Crippen molar-refractivity contribution in [1.29, 1.82) is 0 Å². The fourth-order valence-electron chi connectivity index (χ4n) is 3.83. The molecule has 1 aliphatic rings. The second-order valence-electron chi connectivity index (χ2n) is 7.17. The average molecular weight is 422 g/mol. The topological polar surface area (TPSA) is 74.4 Å². The Morgan fingerprint density at radius 1 is 1.20 bits per heavy atom. The highest BCUT2D eigenvalue weighted by molar-refractivity contribution is 5.86. The van der Waals surface area contributed by atoms with Gasteiger partial charge < -0.3 is 20.1 Å². The molecule has 2 aromatic carbocycles. The zero-order valence-electron chi connectivity index (χ0n) is 15.6. The van der Waals surface area contributed by atoms with Crippen LogP contribution in [0.4, 0.5) is 17.6 Å². The van der Waals surface area contributed by atoms with E-state index in [1.807, 2.05) is 0 Å². The molecule has 0 spiro atoms. The molecule has 4 rings (SSSR count). The number of ether oxygens (including phenoxy) is 1. The van der Waals surface area contributed by atoms with Gasteiger partial charge in [0.1, 0.15) is 18.2 Å². The number of halogens is 4. The van der Waals surface area contributed by atoms with Crippen molar-refractivity contribution >= 4 is 16.9 Å². The van der Waals surface area contributed by atoms with E-state index in [1.165, 1.54) is 0 Å². The molecule has 0 bridgehead atoms. The lowest BCUT2D eigenvalue weighted by Gasteiger charge is -2.22. The first-order chi connectivity index (χ1) is 14.2. The molecule has 0 radical (unpaired) electrons. The lowest BCUT2D eigenvalue weighted by atomic mass is 9.97. The summed E-state index contributed by atoms with van der Waals surface area (Å²) in [4.78, 5) is 14.3. The Bertz CT molecular complexity index is 1110. The summed E-state index contributed by atoms with van der Waals surface area (Å²) in [5, 5.41) is 13.1. The number of aromatic amines is 1. The molecule has 0 aliphatic carbocycles. The van der Waals surface area contributed by atoms with Gasteiger partial charge in [0, 0.05) is 22.2 Å². The Morgan fingerprint density at radius 3 is 2.73 bits per heavy atom. The van der Waals surface area contributed by atoms with Crippen molar-refractivity contribution < 1.29 is 32.2 Å². The number of carbonyl (C=O) groups is 1. The summed E-state index contributed by atoms with van der Waals surface area (Å²) in [7, 11) is 0. The van der Waals surface area contributed by atoms with Gasteiger partial charge in [-0.25, -0.2) is 4.39 Å². The summed E-state index contributed by atoms with van der Waals surface area (Å²) in [5.74, 6) is -1.51. The first kappa shape index (κ1) is 20.2. The van der Waals surface area contributed by atoms with Crippen LogP contribution >= 0.6 is 0 Å². The maximum Gasteiger partial charge on any atom is 0.416 e. The first-order valence-corrected chi connectivity index (χ1v) is 9.30. The molecule has 3 N–H and O–H groups in total. The van der Waals surface area contributed by atoms with E-state index in [9.17, 15) is 22.4 Å². The van der Waals surface area contributed by atoms with E-state index in [2.05, 4.69) is 10.3 Å². The summed E-state index contributed by atoms with van der Waals surface area (Å²) >= 11 is 0. The van der Waals surface area contributed by atoms with Gasteiger partial charge in [0.05, 0.1) is 18.0 Å². The van der Waals surface area contributed by atoms with Crippen LogP contribution in [-0.2, 0) is 24.0 Å². The summed E-state index contributed by atoms with van der Waals surface area (Å²) in [6.07, 6.45) is -4.06. The third kappa shape index (κ3) is 3.97. The van der Waals surface area contributed by atoms with Crippen molar-refractivity contribution in [3.05, 3.63) is 64.6 Å². The molecule has 0 fully saturated rings. The first-order valence-electron chi connectivity index (χ1n) is 9.30. The van der Waals surface area contributed by atoms with Gasteiger partial charge in [-0.2, -0.15) is 13.2 Å². The minimum Gasteiger partial charge on any atom is -0.489 e. The number of carboxylic acid groups (broad SMARTS) is 1. The van der Waals surface area contributed by atoms with Gasteiger partial charge in [-0.3, -0.25) is 4.79 Å². The van der Waals surface area contributed by atoms with Crippen molar-refractivity contribution in [2.45, 2.75) is 31.7 Å². The minimum atomic E-state index is -4.68. The van der Waals surface area contributed by atoms with Gasteiger partial charge >= 0.3 is 12.1 Å². The van der Waals surface area contributed by atoms with Crippen molar-refractivity contribution in [3.8, 4) is 5.75 Å². The number of alkyl halides is 3. The number of hydrogen-bond acceptors (Lipinski definition) is 3. The van der Waals surface area contributed by atoms with Crippen molar-refractivity contribution in [2.75, 3.05) is 6.54 Å². The van der Waals surface area contributed by atoms with E-state index >= 15 is 0 Å². The molecular weight excluding hydrogens is 404 g/mol. The minimum absolute atomic E-state index is 0.0615. The molecule has 1 unspecified atom stereocenters. The fourth-order valence-corrected chi connectivity index (χ4v) is 3.83. The molecule has 3 aromatic rings. The van der Waals surface area contributed by atoms with Crippen LogP contribution in [0.5, 0.6) is 5.75 Å². The van der Waals surface area contributed by atoms with Crippen molar-refractivity contribution in [2.24, 2.45) is 0 Å². The van der Waals surface area contributed by atoms with Gasteiger partial charge in [0.2, 0.25) is 0 Å². The molecule has 9 heteroatoms. The highest BCUT2D eigenvalue weighted by atomic mass is 19.4. The molecule has 158 valence electrons. The van der Waals surface area contributed by atoms with Gasteiger partial charge in [0.15, 0.2) is 0 Å². The number of nitrogens with one attached hydrogen (secondary N) is 2. The lowest BCUT2D eigenvalue weighted by Crippen LogP contribution is -2.31. The maximum absolute atomic E-state index is 13.3. The van der Waals surface area contributed by atoms with Crippen LogP contribution in [0.3, 0.4) is 0 Å². The number of fused-ring (bicyclic) bond motifs is 3. The molecule has 0 amide bonds. The van der Waals surface area contributed by atoms with Crippen molar-refractivity contribution in [1.82, 2.24) is 10.3 Å². The van der Waals surface area contributed by atoms with Crippen LogP contribution in [0.2, 0.25) is 0 Å². The SMILES string of the molecule is O=C(O)CC1NCCc2c1[nH]c1ccc(OCc3ccc(F)cc3C(F)(F)F)cc21. The number of carboxylic acids is 1. The van der Waals surface area contributed by atoms with Gasteiger partial charge in [-0.1, -0.05) is 6.07 Å². The van der Waals surface area contributed by atoms with E-state index in [0.717, 1.165) is 34.3 Å². The van der Waals surface area contributed by atoms with E-state index < -0.39 is 23.5 Å². The van der Waals surface area contributed by atoms with Gasteiger partial charge in [-0.05, 0) is 48.9 Å². The molecule has 1 aromatic heterocycles. The molecule has 2 heterocycles. The Balaban J connectivity index is 1.61. The summed E-state index contributed by atoms with van der Waals surface area (Å²) in [6.45, 7) is 0.254. The van der Waals surface area contributed by atoms with Crippen LogP contribution in [-0.4, -0.2) is 22.6 Å². The fraction of sp³-hybridized carbons (Fsp3) is 0.286. The number of rotatable bonds is 5. The van der Waals surface area contributed by atoms with Gasteiger partial charge in [0.25, 0.3) is 0 Å². The maximum atomic E-state index is 13.3. The zero-order valence-corrected chi connectivity index (χ0v) is 15.6. The Hall–Kier alpha value is -3.07. The monoisotopic (exact) mass is 422 g/mol. The average Bonchev–Trinajstić information content (AvgIpc) is 3.05. The molecule has 1 aliphatic heterocycles. The second-order valence-corrected chi connectivity index (χ2v) is 7.17. The van der Waals surface area contributed by atoms with Crippen LogP contribution in [0, 0.1) is 5.82 Å². The van der Waals surface area contributed by atoms with E-state index in [4.69, 9.17) is 9.84 Å². The van der Waals surface area contributed by atoms with E-state index in [0.29, 0.717) is 24.8 Å². The third-order valence-electron chi connectivity index (χ3n) is 5.18. The normalized spacial score (nSPS) is 16.5. The summed E-state index contributed by atoms with van der Waals surface area (Å²) < 4.78 is 58.3. The Morgan fingerprint density at radius 2 is 2.00 bits per heavy atom. The molecule has 5 nitrogen and oxygen atoms in total. The van der Waals surface area contributed by atoms with Crippen LogP contribution in [0.25, 0.3) is 10.9 Å². The highest BCUT2D eigenvalue weighted by Crippen LogP contribution is 2.35. The summed E-state index contributed by atoms with van der Waals surface area (Å²) in [6, 6.07) is 7.25. The van der Waals surface area contributed by atoms with E-state index in [1.54, 1.807) is 18.2 Å². The quantitative estimate of drug-likeness (QED) is 0.527. The molecule has 30 heavy (non-hydrogen) atoms. The Labute approximate surface area is 168 Å². The molecule has 1 atom stereocenters. The highest BCUT2D eigenvalue weighted by Gasteiger charge is 2.34. The van der Waals surface area contributed by atoms with E-state index in [-0.39, 0.29) is 24.6 Å². The third-order valence-corrected chi connectivity index (χ3v) is 5.18. The van der Waals surface area contributed by atoms with Crippen LogP contribution in [0.1, 0.15) is 34.8 Å². The molecular formula is C21H18F4N2O3. The summed E-state index contributed by atoms with van der Waals surface area (Å²) in [5.41, 5.74) is 1.34. The van der Waals surface area contributed by atoms with Crippen molar-refractivity contribution in [3.63, 3.8) is 0 Å². The van der Waals surface area contributed by atoms with Crippen LogP contribution in [0.15, 0.2) is 36.4 Å². The number of aromatic nitrogens is 1. The largest absolute Gasteiger partial charge is 0.489 e. The lowest BCUT2D eigenvalue weighted by molar-refractivity contribution is -0.139. The van der Waals surface area contributed by atoms with Crippen LogP contribution < -0.4 is 10.1 Å². The molecule has 0 saturated heterocycles. The number of H-pyrrole nitrogens is 1. The second kappa shape index (κ2) is 7.64. The zero-order chi connectivity index (χ0) is 21.5. The van der Waals surface area contributed by atoms with Gasteiger partial charge in [-0.15, -0.1) is 0 Å². The number of hydrogen-bond donors (Lipinski definition) is 3. The Kier molecular flexibility index (Phi) is 5.15. The number of aliphatic carboxylic acids is 1. The number of benzene rings is 2. The smallest absolute Gasteiger partial charge is 0.416 e.